The van der Waals surface area contributed by atoms with Gasteiger partial charge in [0.15, 0.2) is 0 Å². The largest absolute Gasteiger partial charge is 0.269 e. The number of hydrogen-bond acceptors (Lipinski definition) is 3. The summed E-state index contributed by atoms with van der Waals surface area (Å²) in [6.45, 7) is 2.20. The molecule has 1 heterocycles. The number of halogens is 1. The van der Waals surface area contributed by atoms with Gasteiger partial charge in [-0.05, 0) is 42.3 Å². The van der Waals surface area contributed by atoms with Gasteiger partial charge in [0.2, 0.25) is 0 Å². The number of hydrogen-bond donors (Lipinski definition) is 0. The molecule has 0 unspecified atom stereocenters. The number of rotatable bonds is 5. The third kappa shape index (κ3) is 4.14. The fraction of sp³-hybridized carbons (Fsp3) is 0.0833. The first-order valence-corrected chi connectivity index (χ1v) is 10.4. The minimum Gasteiger partial charge on any atom is -0.269 e. The summed E-state index contributed by atoms with van der Waals surface area (Å²) >= 11 is 7.29. The highest BCUT2D eigenvalue weighted by Crippen LogP contribution is 2.40. The molecule has 0 spiro atoms. The number of amides is 2. The van der Waals surface area contributed by atoms with Crippen molar-refractivity contribution in [3.63, 3.8) is 0 Å². The maximum Gasteiger partial charge on any atom is 0.268 e. The van der Waals surface area contributed by atoms with Gasteiger partial charge in [-0.1, -0.05) is 83.5 Å². The van der Waals surface area contributed by atoms with Crippen molar-refractivity contribution in [2.45, 2.75) is 18.4 Å². The van der Waals surface area contributed by atoms with Crippen molar-refractivity contribution in [2.75, 3.05) is 0 Å². The Morgan fingerprint density at radius 2 is 1.48 bits per heavy atom. The first-order valence-electron chi connectivity index (χ1n) is 9.18. The Hall–Kier alpha value is -2.82. The zero-order valence-corrected chi connectivity index (χ0v) is 17.3. The lowest BCUT2D eigenvalue weighted by atomic mass is 10.0. The second-order valence-corrected chi connectivity index (χ2v) is 8.33. The zero-order chi connectivity index (χ0) is 20.4. The topological polar surface area (TPSA) is 37.4 Å². The predicted molar refractivity (Wildman–Crippen MR) is 117 cm³/mol. The van der Waals surface area contributed by atoms with Crippen molar-refractivity contribution in [3.05, 3.63) is 105 Å². The van der Waals surface area contributed by atoms with E-state index in [1.54, 1.807) is 12.1 Å². The van der Waals surface area contributed by atoms with E-state index >= 15 is 0 Å². The molecule has 0 bridgehead atoms. The van der Waals surface area contributed by atoms with E-state index in [0.717, 1.165) is 21.6 Å². The molecular weight excluding hydrogens is 402 g/mol. The van der Waals surface area contributed by atoms with Crippen LogP contribution in [0.4, 0.5) is 0 Å². The van der Waals surface area contributed by atoms with E-state index in [2.05, 4.69) is 0 Å². The maximum atomic E-state index is 13.3. The number of carbonyl (C=O) groups excluding carboxylic acids is 2. The molecule has 0 aliphatic carbocycles. The van der Waals surface area contributed by atoms with Crippen molar-refractivity contribution in [1.82, 2.24) is 4.90 Å². The number of carbonyl (C=O) groups is 2. The smallest absolute Gasteiger partial charge is 0.268 e. The van der Waals surface area contributed by atoms with Gasteiger partial charge in [-0.25, -0.2) is 0 Å². The van der Waals surface area contributed by atoms with Crippen LogP contribution in [0.2, 0.25) is 5.02 Å². The number of aryl methyl sites for hydroxylation is 1. The molecule has 0 aromatic heterocycles. The van der Waals surface area contributed by atoms with Gasteiger partial charge >= 0.3 is 0 Å². The summed E-state index contributed by atoms with van der Waals surface area (Å²) in [5.41, 5.74) is 3.16. The Morgan fingerprint density at radius 3 is 2.14 bits per heavy atom. The van der Waals surface area contributed by atoms with Gasteiger partial charge in [0.1, 0.15) is 0 Å². The first kappa shape index (κ1) is 19.5. The van der Waals surface area contributed by atoms with Crippen LogP contribution >= 0.6 is 23.4 Å². The van der Waals surface area contributed by atoms with Crippen LogP contribution in [-0.4, -0.2) is 16.7 Å². The van der Waals surface area contributed by atoms with E-state index in [-0.39, 0.29) is 18.4 Å². The van der Waals surface area contributed by atoms with Crippen LogP contribution in [0, 0.1) is 6.92 Å². The second-order valence-electron chi connectivity index (χ2n) is 6.81. The highest BCUT2D eigenvalue weighted by atomic mass is 35.5. The lowest BCUT2D eigenvalue weighted by molar-refractivity contribution is -0.137. The molecule has 0 atom stereocenters. The van der Waals surface area contributed by atoms with Crippen molar-refractivity contribution in [3.8, 4) is 0 Å². The van der Waals surface area contributed by atoms with E-state index in [1.165, 1.54) is 16.7 Å². The van der Waals surface area contributed by atoms with Crippen molar-refractivity contribution in [2.24, 2.45) is 0 Å². The average molecular weight is 420 g/mol. The summed E-state index contributed by atoms with van der Waals surface area (Å²) in [5, 5.41) is 0.617. The van der Waals surface area contributed by atoms with Gasteiger partial charge < -0.3 is 0 Å². The molecule has 0 radical (unpaired) electrons. The highest BCUT2D eigenvalue weighted by Gasteiger charge is 2.39. The van der Waals surface area contributed by atoms with Gasteiger partial charge in [-0.3, -0.25) is 14.5 Å². The fourth-order valence-corrected chi connectivity index (χ4v) is 4.31. The minimum atomic E-state index is -0.271. The molecule has 0 fully saturated rings. The Bertz CT molecular complexity index is 1090. The first-order chi connectivity index (χ1) is 14.0. The van der Waals surface area contributed by atoms with Crippen LogP contribution in [-0.2, 0) is 16.1 Å². The van der Waals surface area contributed by atoms with Crippen molar-refractivity contribution >= 4 is 40.8 Å². The Balaban J connectivity index is 1.72. The normalized spacial score (nSPS) is 14.1. The van der Waals surface area contributed by atoms with E-state index < -0.39 is 0 Å². The summed E-state index contributed by atoms with van der Waals surface area (Å²) in [7, 11) is 0. The summed E-state index contributed by atoms with van der Waals surface area (Å²) < 4.78 is 0. The molecule has 1 aliphatic rings. The molecule has 1 aliphatic heterocycles. The lowest BCUT2D eigenvalue weighted by Gasteiger charge is -2.15. The van der Waals surface area contributed by atoms with Crippen molar-refractivity contribution < 1.29 is 9.59 Å². The van der Waals surface area contributed by atoms with E-state index in [4.69, 9.17) is 11.6 Å². The second kappa shape index (κ2) is 8.27. The molecular formula is C24H18ClNO2S. The number of thioether (sulfide) groups is 1. The number of benzene rings is 3. The van der Waals surface area contributed by atoms with Crippen LogP contribution in [0.25, 0.3) is 5.57 Å². The molecule has 0 saturated heterocycles. The fourth-order valence-electron chi connectivity index (χ4n) is 3.15. The van der Waals surface area contributed by atoms with E-state index in [9.17, 15) is 9.59 Å². The number of imide groups is 1. The molecule has 3 aromatic rings. The van der Waals surface area contributed by atoms with Crippen LogP contribution in [0.3, 0.4) is 0 Å². The molecule has 3 aromatic carbocycles. The van der Waals surface area contributed by atoms with Gasteiger partial charge in [0, 0.05) is 9.92 Å². The number of nitrogens with zero attached hydrogens (tertiary/aromatic N) is 1. The molecule has 29 heavy (non-hydrogen) atoms. The molecule has 3 nitrogen and oxygen atoms in total. The van der Waals surface area contributed by atoms with Gasteiger partial charge in [0.25, 0.3) is 11.8 Å². The quantitative estimate of drug-likeness (QED) is 0.496. The van der Waals surface area contributed by atoms with Crippen LogP contribution < -0.4 is 0 Å². The Kier molecular flexibility index (Phi) is 5.56. The third-order valence-corrected chi connectivity index (χ3v) is 6.03. The van der Waals surface area contributed by atoms with Gasteiger partial charge in [-0.15, -0.1) is 0 Å². The van der Waals surface area contributed by atoms with Crippen molar-refractivity contribution in [1.29, 1.82) is 0 Å². The third-order valence-electron chi connectivity index (χ3n) is 4.68. The van der Waals surface area contributed by atoms with Crippen LogP contribution in [0.1, 0.15) is 16.7 Å². The molecule has 144 valence electrons. The standard InChI is InChI=1S/C24H18ClNO2S/c1-16-7-11-18(12-8-16)21-22(29-20-5-3-2-4-6-20)24(28)26(23(21)27)15-17-9-13-19(25)14-10-17/h2-14H,15H2,1H3. The summed E-state index contributed by atoms with van der Waals surface area (Å²) in [4.78, 5) is 29.2. The molecule has 0 N–H and O–H groups in total. The summed E-state index contributed by atoms with van der Waals surface area (Å²) in [5.74, 6) is -0.540. The summed E-state index contributed by atoms with van der Waals surface area (Å²) in [6.07, 6.45) is 0. The molecule has 5 heteroatoms. The average Bonchev–Trinajstić information content (AvgIpc) is 2.95. The maximum absolute atomic E-state index is 13.3. The Labute approximate surface area is 179 Å². The Morgan fingerprint density at radius 1 is 0.828 bits per heavy atom. The molecule has 2 amide bonds. The zero-order valence-electron chi connectivity index (χ0n) is 15.8. The van der Waals surface area contributed by atoms with Crippen LogP contribution in [0.15, 0.2) is 88.7 Å². The molecule has 0 saturated carbocycles. The van der Waals surface area contributed by atoms with Crippen LogP contribution in [0.5, 0.6) is 0 Å². The monoisotopic (exact) mass is 419 g/mol. The van der Waals surface area contributed by atoms with Gasteiger partial charge in [-0.2, -0.15) is 0 Å². The minimum absolute atomic E-state index is 0.211. The highest BCUT2D eigenvalue weighted by molar-refractivity contribution is 8.04. The summed E-state index contributed by atoms with van der Waals surface area (Å²) in [6, 6.07) is 24.5. The van der Waals surface area contributed by atoms with E-state index in [0.29, 0.717) is 15.5 Å². The SMILES string of the molecule is Cc1ccc(C2=C(Sc3ccccc3)C(=O)N(Cc3ccc(Cl)cc3)C2=O)cc1. The van der Waals surface area contributed by atoms with Gasteiger partial charge in [0.05, 0.1) is 17.0 Å². The lowest BCUT2D eigenvalue weighted by Crippen LogP contribution is -2.30. The predicted octanol–water partition coefficient (Wildman–Crippen LogP) is 5.72. The van der Waals surface area contributed by atoms with E-state index in [1.807, 2.05) is 73.7 Å². The molecule has 4 rings (SSSR count).